The van der Waals surface area contributed by atoms with Crippen LogP contribution in [-0.2, 0) is 0 Å². The fourth-order valence-electron chi connectivity index (χ4n) is 2.15. The molecule has 8 nitrogen and oxygen atoms in total. The summed E-state index contributed by atoms with van der Waals surface area (Å²) in [5, 5.41) is 68.4. The average Bonchev–Trinajstić information content (AvgIpc) is 2.39. The molecular formula is C10H21NO7. The van der Waals surface area contributed by atoms with E-state index in [0.717, 1.165) is 0 Å². The molecule has 0 aliphatic heterocycles. The van der Waals surface area contributed by atoms with E-state index in [2.05, 4.69) is 5.32 Å². The summed E-state index contributed by atoms with van der Waals surface area (Å²) >= 11 is 0. The first-order valence-corrected chi connectivity index (χ1v) is 5.74. The van der Waals surface area contributed by atoms with Crippen LogP contribution in [0, 0.1) is 0 Å². The van der Waals surface area contributed by atoms with E-state index < -0.39 is 55.8 Å². The molecule has 0 radical (unpaired) electrons. The lowest BCUT2D eigenvalue weighted by Crippen LogP contribution is -2.68. The second kappa shape index (κ2) is 6.22. The quantitative estimate of drug-likeness (QED) is 0.248. The maximum atomic E-state index is 9.93. The van der Waals surface area contributed by atoms with Crippen molar-refractivity contribution in [1.82, 2.24) is 5.32 Å². The molecule has 0 heterocycles. The summed E-state index contributed by atoms with van der Waals surface area (Å²) in [6, 6.07) is -1.60. The highest BCUT2D eigenvalue weighted by Gasteiger charge is 2.51. The van der Waals surface area contributed by atoms with Gasteiger partial charge in [-0.15, -0.1) is 0 Å². The summed E-state index contributed by atoms with van der Waals surface area (Å²) in [7, 11) is 0. The molecule has 1 fully saturated rings. The van der Waals surface area contributed by atoms with Crippen molar-refractivity contribution in [1.29, 1.82) is 0 Å². The van der Waals surface area contributed by atoms with E-state index in [0.29, 0.717) is 0 Å². The third-order valence-electron chi connectivity index (χ3n) is 3.37. The van der Waals surface area contributed by atoms with E-state index in [1.807, 2.05) is 0 Å². The Hall–Kier alpha value is -0.320. The lowest BCUT2D eigenvalue weighted by atomic mass is 9.76. The Morgan fingerprint density at radius 1 is 1.06 bits per heavy atom. The molecule has 1 aliphatic carbocycles. The summed E-state index contributed by atoms with van der Waals surface area (Å²) in [5.41, 5.74) is -1.94. The van der Waals surface area contributed by atoms with E-state index in [9.17, 15) is 20.4 Å². The zero-order valence-electron chi connectivity index (χ0n) is 9.85. The summed E-state index contributed by atoms with van der Waals surface area (Å²) in [6.07, 6.45) is -4.91. The average molecular weight is 267 g/mol. The fourth-order valence-corrected chi connectivity index (χ4v) is 2.15. The zero-order chi connectivity index (χ0) is 13.9. The van der Waals surface area contributed by atoms with Crippen LogP contribution in [-0.4, -0.2) is 91.6 Å². The van der Waals surface area contributed by atoms with Crippen molar-refractivity contribution >= 4 is 0 Å². The van der Waals surface area contributed by atoms with Crippen LogP contribution in [0.1, 0.15) is 6.42 Å². The first-order valence-electron chi connectivity index (χ1n) is 5.74. The van der Waals surface area contributed by atoms with Gasteiger partial charge in [0.25, 0.3) is 0 Å². The number of hydrogen-bond acceptors (Lipinski definition) is 8. The van der Waals surface area contributed by atoms with Crippen LogP contribution in [0.15, 0.2) is 0 Å². The van der Waals surface area contributed by atoms with Crippen molar-refractivity contribution in [2.75, 3.05) is 19.8 Å². The minimum absolute atomic E-state index is 0.223. The first-order chi connectivity index (χ1) is 8.39. The first kappa shape index (κ1) is 15.7. The van der Waals surface area contributed by atoms with E-state index in [4.69, 9.17) is 15.3 Å². The highest BCUT2D eigenvalue weighted by Crippen LogP contribution is 2.29. The van der Waals surface area contributed by atoms with Gasteiger partial charge in [0.2, 0.25) is 0 Å². The predicted octanol–water partition coefficient (Wildman–Crippen LogP) is -4.49. The Labute approximate surface area is 104 Å². The lowest BCUT2D eigenvalue weighted by Gasteiger charge is -2.46. The standard InChI is InChI=1S/C10H21NO7/c12-2-5(3-13)11-6-1-10(18,4-14)9(17)8(16)7(6)15/h5-9,11-18H,1-4H2/t6?,7-,8+,9-,10-/m0/s1. The van der Waals surface area contributed by atoms with Gasteiger partial charge in [0.15, 0.2) is 0 Å². The molecule has 18 heavy (non-hydrogen) atoms. The van der Waals surface area contributed by atoms with Crippen molar-refractivity contribution in [2.24, 2.45) is 0 Å². The third kappa shape index (κ3) is 2.98. The molecule has 0 aromatic rings. The van der Waals surface area contributed by atoms with E-state index in [1.165, 1.54) is 0 Å². The van der Waals surface area contributed by atoms with Crippen molar-refractivity contribution in [2.45, 2.75) is 42.4 Å². The molecule has 0 aromatic carbocycles. The molecule has 8 heteroatoms. The Morgan fingerprint density at radius 3 is 2.06 bits per heavy atom. The Balaban J connectivity index is 2.79. The van der Waals surface area contributed by atoms with Crippen LogP contribution < -0.4 is 5.32 Å². The van der Waals surface area contributed by atoms with Crippen LogP contribution >= 0.6 is 0 Å². The van der Waals surface area contributed by atoms with Crippen LogP contribution in [0.4, 0.5) is 0 Å². The zero-order valence-corrected chi connectivity index (χ0v) is 9.85. The fraction of sp³-hybridized carbons (Fsp3) is 1.00. The van der Waals surface area contributed by atoms with Crippen LogP contribution in [0.3, 0.4) is 0 Å². The van der Waals surface area contributed by atoms with Gasteiger partial charge in [0.1, 0.15) is 17.8 Å². The molecule has 0 aromatic heterocycles. The van der Waals surface area contributed by atoms with Crippen LogP contribution in [0.2, 0.25) is 0 Å². The molecule has 1 unspecified atom stereocenters. The van der Waals surface area contributed by atoms with Gasteiger partial charge in [-0.1, -0.05) is 0 Å². The van der Waals surface area contributed by atoms with Crippen molar-refractivity contribution in [3.63, 3.8) is 0 Å². The lowest BCUT2D eigenvalue weighted by molar-refractivity contribution is -0.207. The summed E-state index contributed by atoms with van der Waals surface area (Å²) in [5.74, 6) is 0. The normalized spacial score (nSPS) is 41.3. The minimum Gasteiger partial charge on any atom is -0.395 e. The molecule has 0 bridgehead atoms. The smallest absolute Gasteiger partial charge is 0.118 e. The van der Waals surface area contributed by atoms with Gasteiger partial charge in [-0.25, -0.2) is 0 Å². The molecule has 5 atom stereocenters. The molecule has 108 valence electrons. The second-order valence-corrected chi connectivity index (χ2v) is 4.73. The summed E-state index contributed by atoms with van der Waals surface area (Å²) in [4.78, 5) is 0. The Morgan fingerprint density at radius 2 is 1.61 bits per heavy atom. The van der Waals surface area contributed by atoms with Crippen molar-refractivity contribution < 1.29 is 35.7 Å². The maximum Gasteiger partial charge on any atom is 0.118 e. The largest absolute Gasteiger partial charge is 0.395 e. The van der Waals surface area contributed by atoms with Gasteiger partial charge >= 0.3 is 0 Å². The molecule has 1 saturated carbocycles. The number of aliphatic hydroxyl groups excluding tert-OH is 6. The van der Waals surface area contributed by atoms with Gasteiger partial charge in [0, 0.05) is 6.04 Å². The third-order valence-corrected chi connectivity index (χ3v) is 3.37. The Kier molecular flexibility index (Phi) is 5.44. The van der Waals surface area contributed by atoms with Gasteiger partial charge in [0.05, 0.1) is 32.0 Å². The van der Waals surface area contributed by atoms with Crippen molar-refractivity contribution in [3.05, 3.63) is 0 Å². The highest BCUT2D eigenvalue weighted by atomic mass is 16.4. The maximum absolute atomic E-state index is 9.93. The van der Waals surface area contributed by atoms with Gasteiger partial charge in [-0.2, -0.15) is 0 Å². The predicted molar refractivity (Wildman–Crippen MR) is 59.6 cm³/mol. The molecule has 1 rings (SSSR count). The minimum atomic E-state index is -1.94. The molecule has 8 N–H and O–H groups in total. The second-order valence-electron chi connectivity index (χ2n) is 4.73. The summed E-state index contributed by atoms with van der Waals surface area (Å²) < 4.78 is 0. The molecule has 1 aliphatic rings. The number of nitrogens with one attached hydrogen (secondary N) is 1. The molecule has 0 saturated heterocycles. The van der Waals surface area contributed by atoms with E-state index in [1.54, 1.807) is 0 Å². The number of aliphatic hydroxyl groups is 7. The van der Waals surface area contributed by atoms with Gasteiger partial charge < -0.3 is 41.1 Å². The number of hydrogen-bond donors (Lipinski definition) is 8. The molecule has 0 spiro atoms. The number of rotatable bonds is 5. The monoisotopic (exact) mass is 267 g/mol. The van der Waals surface area contributed by atoms with E-state index >= 15 is 0 Å². The Bertz CT molecular complexity index is 263. The van der Waals surface area contributed by atoms with Gasteiger partial charge in [-0.05, 0) is 6.42 Å². The SMILES string of the molecule is OCC(CO)NC1C[C@](O)(CO)[C@@H](O)[C@H](O)[C@H]1O. The van der Waals surface area contributed by atoms with Crippen molar-refractivity contribution in [3.8, 4) is 0 Å². The topological polar surface area (TPSA) is 154 Å². The molecular weight excluding hydrogens is 246 g/mol. The summed E-state index contributed by atoms with van der Waals surface area (Å²) in [6.45, 7) is -1.56. The van der Waals surface area contributed by atoms with Crippen LogP contribution in [0.25, 0.3) is 0 Å². The highest BCUT2D eigenvalue weighted by molar-refractivity contribution is 5.05. The molecule has 0 amide bonds. The van der Waals surface area contributed by atoms with E-state index in [-0.39, 0.29) is 6.42 Å². The van der Waals surface area contributed by atoms with Crippen LogP contribution in [0.5, 0.6) is 0 Å². The van der Waals surface area contributed by atoms with Gasteiger partial charge in [-0.3, -0.25) is 0 Å².